The molecule has 3 rings (SSSR count). The van der Waals surface area contributed by atoms with Gasteiger partial charge in [-0.25, -0.2) is 9.67 Å². The summed E-state index contributed by atoms with van der Waals surface area (Å²) < 4.78 is 6.78. The van der Waals surface area contributed by atoms with E-state index in [4.69, 9.17) is 4.74 Å². The molecule has 0 amide bonds. The van der Waals surface area contributed by atoms with Crippen LogP contribution in [0, 0.1) is 0 Å². The highest BCUT2D eigenvalue weighted by Crippen LogP contribution is 2.22. The summed E-state index contributed by atoms with van der Waals surface area (Å²) in [6.45, 7) is 3.65. The zero-order valence-corrected chi connectivity index (χ0v) is 15.8. The molecule has 6 nitrogen and oxygen atoms in total. The van der Waals surface area contributed by atoms with Gasteiger partial charge in [-0.05, 0) is 37.1 Å². The molecule has 0 aliphatic rings. The zero-order chi connectivity index (χ0) is 19.4. The van der Waals surface area contributed by atoms with Gasteiger partial charge in [0.25, 0.3) is 0 Å². The minimum Gasteiger partial charge on any atom is -0.497 e. The molecular formula is C21H25N3O3. The van der Waals surface area contributed by atoms with Crippen molar-refractivity contribution in [3.05, 3.63) is 77.4 Å². The first-order chi connectivity index (χ1) is 12.9. The predicted octanol–water partition coefficient (Wildman–Crippen LogP) is 2.73. The number of aromatic nitrogens is 3. The van der Waals surface area contributed by atoms with Crippen molar-refractivity contribution in [2.75, 3.05) is 7.11 Å². The lowest BCUT2D eigenvalue weighted by molar-refractivity contribution is 0.0540. The number of hydrogen-bond acceptors (Lipinski definition) is 5. The molecule has 0 radical (unpaired) electrons. The zero-order valence-electron chi connectivity index (χ0n) is 15.8. The van der Waals surface area contributed by atoms with Crippen LogP contribution in [0.1, 0.15) is 42.7 Å². The van der Waals surface area contributed by atoms with Crippen LogP contribution in [0.2, 0.25) is 0 Å². The van der Waals surface area contributed by atoms with Gasteiger partial charge in [0.15, 0.2) is 11.6 Å². The molecule has 0 unspecified atom stereocenters. The van der Waals surface area contributed by atoms with Gasteiger partial charge in [0, 0.05) is 6.42 Å². The summed E-state index contributed by atoms with van der Waals surface area (Å²) in [6, 6.07) is 17.0. The first-order valence-electron chi connectivity index (χ1n) is 8.87. The Bertz CT molecular complexity index is 868. The molecule has 6 heteroatoms. The second-order valence-electron chi connectivity index (χ2n) is 7.19. The number of methoxy groups -OCH3 is 1. The quantitative estimate of drug-likeness (QED) is 0.671. The number of ether oxygens (including phenoxy) is 1. The maximum atomic E-state index is 10.8. The van der Waals surface area contributed by atoms with Crippen molar-refractivity contribution in [1.82, 2.24) is 14.8 Å². The van der Waals surface area contributed by atoms with E-state index in [1.54, 1.807) is 25.6 Å². The van der Waals surface area contributed by atoms with Crippen LogP contribution < -0.4 is 4.74 Å². The van der Waals surface area contributed by atoms with Crippen molar-refractivity contribution >= 4 is 0 Å². The second-order valence-corrected chi connectivity index (χ2v) is 7.19. The van der Waals surface area contributed by atoms with Crippen LogP contribution in [0.4, 0.5) is 0 Å². The lowest BCUT2D eigenvalue weighted by Gasteiger charge is -2.19. The van der Waals surface area contributed by atoms with Crippen molar-refractivity contribution in [3.8, 4) is 5.75 Å². The Labute approximate surface area is 159 Å². The van der Waals surface area contributed by atoms with Crippen molar-refractivity contribution in [2.24, 2.45) is 0 Å². The summed E-state index contributed by atoms with van der Waals surface area (Å²) in [4.78, 5) is 4.57. The molecule has 0 fully saturated rings. The van der Waals surface area contributed by atoms with Gasteiger partial charge < -0.3 is 14.9 Å². The molecule has 0 saturated heterocycles. The van der Waals surface area contributed by atoms with Gasteiger partial charge in [-0.3, -0.25) is 0 Å². The first kappa shape index (κ1) is 19.1. The molecule has 2 aromatic carbocycles. The average Bonchev–Trinajstić information content (AvgIpc) is 3.02. The third-order valence-electron chi connectivity index (χ3n) is 4.16. The maximum absolute atomic E-state index is 10.8. The van der Waals surface area contributed by atoms with Gasteiger partial charge >= 0.3 is 0 Å². The maximum Gasteiger partial charge on any atom is 0.160 e. The Balaban J connectivity index is 1.91. The first-order valence-corrected chi connectivity index (χ1v) is 8.87. The summed E-state index contributed by atoms with van der Waals surface area (Å²) in [6.07, 6.45) is -0.386. The summed E-state index contributed by atoms with van der Waals surface area (Å²) >= 11 is 0. The van der Waals surface area contributed by atoms with E-state index in [-0.39, 0.29) is 6.54 Å². The van der Waals surface area contributed by atoms with E-state index in [1.807, 2.05) is 54.6 Å². The Morgan fingerprint density at radius 2 is 1.74 bits per heavy atom. The monoisotopic (exact) mass is 367 g/mol. The fourth-order valence-electron chi connectivity index (χ4n) is 2.87. The molecule has 0 aliphatic heterocycles. The van der Waals surface area contributed by atoms with Gasteiger partial charge in [-0.1, -0.05) is 42.5 Å². The highest BCUT2D eigenvalue weighted by molar-refractivity contribution is 5.29. The van der Waals surface area contributed by atoms with Crippen molar-refractivity contribution in [2.45, 2.75) is 38.5 Å². The fraction of sp³-hybridized carbons (Fsp3) is 0.333. The summed E-state index contributed by atoms with van der Waals surface area (Å²) in [7, 11) is 1.63. The molecule has 0 spiro atoms. The second kappa shape index (κ2) is 7.90. The number of aliphatic hydroxyl groups is 2. The van der Waals surface area contributed by atoms with Gasteiger partial charge in [0.2, 0.25) is 0 Å². The van der Waals surface area contributed by atoms with Crippen LogP contribution in [0.3, 0.4) is 0 Å². The summed E-state index contributed by atoms with van der Waals surface area (Å²) in [5, 5.41) is 25.6. The standard InChI is InChI=1S/C21H25N3O3/c1-21(2,26)14-24-20(19(25)16-7-5-4-6-8-16)22-18(23-24)13-15-9-11-17(27-3)12-10-15/h4-12,19,25-26H,13-14H2,1-3H3/t19-/m1/s1. The Morgan fingerprint density at radius 3 is 2.33 bits per heavy atom. The smallest absolute Gasteiger partial charge is 0.160 e. The molecule has 2 N–H and O–H groups in total. The number of aliphatic hydroxyl groups excluding tert-OH is 1. The van der Waals surface area contributed by atoms with Crippen LogP contribution in [0.5, 0.6) is 5.75 Å². The molecule has 0 bridgehead atoms. The summed E-state index contributed by atoms with van der Waals surface area (Å²) in [5.41, 5.74) is 0.797. The lowest BCUT2D eigenvalue weighted by Crippen LogP contribution is -2.28. The third kappa shape index (κ3) is 4.93. The van der Waals surface area contributed by atoms with E-state index in [1.165, 1.54) is 0 Å². The van der Waals surface area contributed by atoms with Crippen LogP contribution in [-0.2, 0) is 13.0 Å². The van der Waals surface area contributed by atoms with E-state index >= 15 is 0 Å². The molecule has 1 heterocycles. The Hall–Kier alpha value is -2.70. The predicted molar refractivity (Wildman–Crippen MR) is 103 cm³/mol. The lowest BCUT2D eigenvalue weighted by atomic mass is 10.1. The van der Waals surface area contributed by atoms with E-state index < -0.39 is 11.7 Å². The van der Waals surface area contributed by atoms with Gasteiger partial charge in [0.1, 0.15) is 11.9 Å². The number of rotatable bonds is 7. The average molecular weight is 367 g/mol. The fourth-order valence-corrected chi connectivity index (χ4v) is 2.87. The molecular weight excluding hydrogens is 342 g/mol. The minimum absolute atomic E-state index is 0.238. The molecule has 27 heavy (non-hydrogen) atoms. The SMILES string of the molecule is COc1ccc(Cc2nc([C@H](O)c3ccccc3)n(CC(C)(C)O)n2)cc1. The Morgan fingerprint density at radius 1 is 1.07 bits per heavy atom. The summed E-state index contributed by atoms with van der Waals surface area (Å²) in [5.74, 6) is 1.81. The van der Waals surface area contributed by atoms with E-state index in [0.29, 0.717) is 18.1 Å². The van der Waals surface area contributed by atoms with E-state index in [0.717, 1.165) is 16.9 Å². The molecule has 1 atom stereocenters. The normalized spacial score (nSPS) is 12.8. The number of benzene rings is 2. The molecule has 3 aromatic rings. The molecule has 0 aliphatic carbocycles. The van der Waals surface area contributed by atoms with Crippen LogP contribution in [-0.4, -0.2) is 37.7 Å². The van der Waals surface area contributed by atoms with Gasteiger partial charge in [-0.2, -0.15) is 5.10 Å². The van der Waals surface area contributed by atoms with Crippen molar-refractivity contribution in [1.29, 1.82) is 0 Å². The molecule has 1 aromatic heterocycles. The van der Waals surface area contributed by atoms with Crippen LogP contribution >= 0.6 is 0 Å². The highest BCUT2D eigenvalue weighted by atomic mass is 16.5. The van der Waals surface area contributed by atoms with Crippen LogP contribution in [0.15, 0.2) is 54.6 Å². The van der Waals surface area contributed by atoms with Gasteiger partial charge in [-0.15, -0.1) is 0 Å². The number of hydrogen-bond donors (Lipinski definition) is 2. The molecule has 142 valence electrons. The number of nitrogens with zero attached hydrogens (tertiary/aromatic N) is 3. The third-order valence-corrected chi connectivity index (χ3v) is 4.16. The molecule has 0 saturated carbocycles. The Kier molecular flexibility index (Phi) is 5.58. The highest BCUT2D eigenvalue weighted by Gasteiger charge is 2.24. The topological polar surface area (TPSA) is 80.4 Å². The van der Waals surface area contributed by atoms with Crippen molar-refractivity contribution < 1.29 is 14.9 Å². The van der Waals surface area contributed by atoms with Gasteiger partial charge in [0.05, 0.1) is 19.3 Å². The largest absolute Gasteiger partial charge is 0.497 e. The minimum atomic E-state index is -0.976. The van der Waals surface area contributed by atoms with E-state index in [2.05, 4.69) is 10.1 Å². The van der Waals surface area contributed by atoms with Crippen molar-refractivity contribution in [3.63, 3.8) is 0 Å². The van der Waals surface area contributed by atoms with E-state index in [9.17, 15) is 10.2 Å². The van der Waals surface area contributed by atoms with Crippen LogP contribution in [0.25, 0.3) is 0 Å².